The average molecular weight is 365 g/mol. The van der Waals surface area contributed by atoms with Crippen LogP contribution in [0.3, 0.4) is 0 Å². The van der Waals surface area contributed by atoms with Crippen molar-refractivity contribution in [3.63, 3.8) is 0 Å². The monoisotopic (exact) mass is 364 g/mol. The first-order chi connectivity index (χ1) is 11.7. The van der Waals surface area contributed by atoms with Crippen LogP contribution in [0.2, 0.25) is 0 Å². The predicted octanol–water partition coefficient (Wildman–Crippen LogP) is 3.58. The normalized spacial score (nSPS) is 25.5. The molecule has 0 bridgehead atoms. The smallest absolute Gasteiger partial charge is 0.213 e. The van der Waals surface area contributed by atoms with Crippen LogP contribution in [-0.2, 0) is 15.6 Å². The second-order valence-corrected chi connectivity index (χ2v) is 9.74. The molecule has 1 aromatic carbocycles. The molecular formula is C19H28N2O3S. The molecule has 0 heterocycles. The van der Waals surface area contributed by atoms with Gasteiger partial charge in [0.05, 0.1) is 17.4 Å². The molecule has 1 aliphatic carbocycles. The first-order valence-electron chi connectivity index (χ1n) is 8.87. The van der Waals surface area contributed by atoms with E-state index in [1.807, 2.05) is 18.2 Å². The van der Waals surface area contributed by atoms with Gasteiger partial charge in [0.15, 0.2) is 5.69 Å². The molecule has 0 saturated heterocycles. The highest BCUT2D eigenvalue weighted by molar-refractivity contribution is 7.90. The molecule has 0 aromatic heterocycles. The van der Waals surface area contributed by atoms with Crippen LogP contribution in [0.15, 0.2) is 24.3 Å². The topological polar surface area (TPSA) is 70.8 Å². The van der Waals surface area contributed by atoms with Gasteiger partial charge in [0.2, 0.25) is 10.0 Å². The molecule has 0 radical (unpaired) electrons. The molecule has 0 spiro atoms. The SMILES string of the molecule is [C-]#[N+]c1ccccc1C1(O)CCC(C(C)CNS(=O)(=O)C(C)C)CC1. The summed E-state index contributed by atoms with van der Waals surface area (Å²) >= 11 is 0. The first-order valence-corrected chi connectivity index (χ1v) is 10.4. The third kappa shape index (κ3) is 4.60. The summed E-state index contributed by atoms with van der Waals surface area (Å²) in [6.07, 6.45) is 2.86. The highest BCUT2D eigenvalue weighted by Crippen LogP contribution is 2.44. The largest absolute Gasteiger partial charge is 0.386 e. The van der Waals surface area contributed by atoms with E-state index < -0.39 is 20.9 Å². The van der Waals surface area contributed by atoms with E-state index in [0.29, 0.717) is 31.0 Å². The van der Waals surface area contributed by atoms with Gasteiger partial charge in [-0.3, -0.25) is 0 Å². The van der Waals surface area contributed by atoms with Crippen molar-refractivity contribution in [2.45, 2.75) is 57.3 Å². The Bertz CT molecular complexity index is 729. The van der Waals surface area contributed by atoms with Crippen LogP contribution < -0.4 is 4.72 Å². The molecule has 1 saturated carbocycles. The van der Waals surface area contributed by atoms with Gasteiger partial charge in [0.1, 0.15) is 0 Å². The summed E-state index contributed by atoms with van der Waals surface area (Å²) in [4.78, 5) is 3.53. The Morgan fingerprint density at radius 3 is 2.44 bits per heavy atom. The van der Waals surface area contributed by atoms with E-state index in [4.69, 9.17) is 6.57 Å². The van der Waals surface area contributed by atoms with Crippen LogP contribution in [0.5, 0.6) is 0 Å². The van der Waals surface area contributed by atoms with Gasteiger partial charge in [0.25, 0.3) is 0 Å². The van der Waals surface area contributed by atoms with Crippen LogP contribution >= 0.6 is 0 Å². The minimum absolute atomic E-state index is 0.217. The van der Waals surface area contributed by atoms with E-state index >= 15 is 0 Å². The van der Waals surface area contributed by atoms with E-state index in [1.165, 1.54) is 0 Å². The molecule has 1 aromatic rings. The van der Waals surface area contributed by atoms with Gasteiger partial charge in [-0.2, -0.15) is 0 Å². The Kier molecular flexibility index (Phi) is 6.26. The molecule has 2 rings (SSSR count). The summed E-state index contributed by atoms with van der Waals surface area (Å²) in [5.74, 6) is 0.587. The number of benzene rings is 1. The van der Waals surface area contributed by atoms with Crippen molar-refractivity contribution in [3.8, 4) is 0 Å². The molecule has 0 aliphatic heterocycles. The maximum atomic E-state index is 11.9. The highest BCUT2D eigenvalue weighted by atomic mass is 32.2. The van der Waals surface area contributed by atoms with Crippen molar-refractivity contribution in [3.05, 3.63) is 41.2 Å². The molecule has 1 fully saturated rings. The van der Waals surface area contributed by atoms with Gasteiger partial charge >= 0.3 is 0 Å². The van der Waals surface area contributed by atoms with Crippen LogP contribution in [0.1, 0.15) is 52.0 Å². The first kappa shape index (κ1) is 19.9. The zero-order valence-corrected chi connectivity index (χ0v) is 16.0. The third-order valence-electron chi connectivity index (χ3n) is 5.42. The number of hydrogen-bond acceptors (Lipinski definition) is 3. The van der Waals surface area contributed by atoms with Gasteiger partial charge in [-0.25, -0.2) is 18.0 Å². The summed E-state index contributed by atoms with van der Waals surface area (Å²) in [7, 11) is -3.24. The van der Waals surface area contributed by atoms with Gasteiger partial charge in [-0.1, -0.05) is 31.2 Å². The molecule has 138 valence electrons. The van der Waals surface area contributed by atoms with Crippen LogP contribution in [-0.4, -0.2) is 25.3 Å². The molecule has 2 N–H and O–H groups in total. The van der Waals surface area contributed by atoms with Gasteiger partial charge in [-0.15, -0.1) is 0 Å². The molecule has 1 unspecified atom stereocenters. The molecule has 25 heavy (non-hydrogen) atoms. The van der Waals surface area contributed by atoms with Crippen molar-refractivity contribution in [1.29, 1.82) is 0 Å². The minimum Gasteiger partial charge on any atom is -0.386 e. The fraction of sp³-hybridized carbons (Fsp3) is 0.632. The lowest BCUT2D eigenvalue weighted by Crippen LogP contribution is -2.38. The molecular weight excluding hydrogens is 336 g/mol. The Morgan fingerprint density at radius 1 is 1.28 bits per heavy atom. The van der Waals surface area contributed by atoms with Gasteiger partial charge < -0.3 is 5.11 Å². The van der Waals surface area contributed by atoms with Crippen molar-refractivity contribution in [2.75, 3.05) is 6.54 Å². The number of nitrogens with one attached hydrogen (secondary N) is 1. The van der Waals surface area contributed by atoms with Crippen molar-refractivity contribution in [1.82, 2.24) is 4.72 Å². The Balaban J connectivity index is 1.98. The lowest BCUT2D eigenvalue weighted by Gasteiger charge is -2.39. The van der Waals surface area contributed by atoms with E-state index in [2.05, 4.69) is 16.5 Å². The average Bonchev–Trinajstić information content (AvgIpc) is 2.60. The summed E-state index contributed by atoms with van der Waals surface area (Å²) in [5, 5.41) is 10.6. The second-order valence-electron chi connectivity index (χ2n) is 7.42. The van der Waals surface area contributed by atoms with E-state index in [0.717, 1.165) is 18.4 Å². The van der Waals surface area contributed by atoms with E-state index in [9.17, 15) is 13.5 Å². The third-order valence-corrected chi connectivity index (χ3v) is 7.23. The molecule has 6 heteroatoms. The number of hydrogen-bond donors (Lipinski definition) is 2. The van der Waals surface area contributed by atoms with Gasteiger partial charge in [-0.05, 0) is 56.9 Å². The molecule has 1 atom stereocenters. The van der Waals surface area contributed by atoms with Crippen molar-refractivity contribution in [2.24, 2.45) is 11.8 Å². The highest BCUT2D eigenvalue weighted by Gasteiger charge is 2.37. The second kappa shape index (κ2) is 7.86. The van der Waals surface area contributed by atoms with Crippen molar-refractivity contribution >= 4 is 15.7 Å². The summed E-state index contributed by atoms with van der Waals surface area (Å²) in [6.45, 7) is 13.1. The molecule has 1 aliphatic rings. The Hall–Kier alpha value is -1.42. The summed E-state index contributed by atoms with van der Waals surface area (Å²) in [6, 6.07) is 7.26. The lowest BCUT2D eigenvalue weighted by molar-refractivity contribution is -0.0200. The predicted molar refractivity (Wildman–Crippen MR) is 99.8 cm³/mol. The Labute approximate surface area is 151 Å². The number of nitrogens with zero attached hydrogens (tertiary/aromatic N) is 1. The number of rotatable bonds is 6. The standard InChI is InChI=1S/C19H28N2O3S/c1-14(2)25(23,24)21-13-15(3)16-9-11-19(22,12-10-16)17-7-5-6-8-18(17)20-4/h5-8,14-16,21-22H,9-13H2,1-3H3. The zero-order chi connectivity index (χ0) is 18.7. The van der Waals surface area contributed by atoms with E-state index in [1.54, 1.807) is 19.9 Å². The van der Waals surface area contributed by atoms with Crippen LogP contribution in [0.25, 0.3) is 4.85 Å². The summed E-state index contributed by atoms with van der Waals surface area (Å²) in [5.41, 5.74) is 0.284. The number of sulfonamides is 1. The van der Waals surface area contributed by atoms with Gasteiger partial charge in [0, 0.05) is 6.54 Å². The molecule has 0 amide bonds. The number of para-hydroxylation sites is 1. The molecule has 5 nitrogen and oxygen atoms in total. The maximum absolute atomic E-state index is 11.9. The minimum atomic E-state index is -3.24. The summed E-state index contributed by atoms with van der Waals surface area (Å²) < 4.78 is 26.5. The maximum Gasteiger partial charge on any atom is 0.213 e. The fourth-order valence-corrected chi connectivity index (χ4v) is 4.33. The van der Waals surface area contributed by atoms with Crippen molar-refractivity contribution < 1.29 is 13.5 Å². The Morgan fingerprint density at radius 2 is 1.88 bits per heavy atom. The lowest BCUT2D eigenvalue weighted by atomic mass is 9.71. The fourth-order valence-electron chi connectivity index (χ4n) is 3.50. The van der Waals surface area contributed by atoms with Crippen LogP contribution in [0.4, 0.5) is 5.69 Å². The van der Waals surface area contributed by atoms with Crippen LogP contribution in [0, 0.1) is 18.4 Å². The number of aliphatic hydroxyl groups is 1. The zero-order valence-electron chi connectivity index (χ0n) is 15.2. The van der Waals surface area contributed by atoms with E-state index in [-0.39, 0.29) is 5.92 Å². The quantitative estimate of drug-likeness (QED) is 0.758.